The average Bonchev–Trinajstić information content (AvgIpc) is 2.81. The monoisotopic (exact) mass is 293 g/mol. The van der Waals surface area contributed by atoms with Gasteiger partial charge in [-0.2, -0.15) is 0 Å². The van der Waals surface area contributed by atoms with Crippen LogP contribution in [0.15, 0.2) is 23.6 Å². The minimum atomic E-state index is -1.01. The summed E-state index contributed by atoms with van der Waals surface area (Å²) in [6.45, 7) is 3.33. The number of benzene rings is 1. The maximum atomic E-state index is 10.8. The van der Waals surface area contributed by atoms with E-state index in [4.69, 9.17) is 9.84 Å². The highest BCUT2D eigenvalue weighted by Crippen LogP contribution is 2.33. The number of nitro groups is 1. The van der Waals surface area contributed by atoms with Crippen LogP contribution < -0.4 is 4.74 Å². The first-order chi connectivity index (χ1) is 9.38. The van der Waals surface area contributed by atoms with Crippen molar-refractivity contribution in [3.05, 3.63) is 49.7 Å². The molecule has 0 aliphatic heterocycles. The highest BCUT2D eigenvalue weighted by molar-refractivity contribution is 7.12. The van der Waals surface area contributed by atoms with Gasteiger partial charge in [0.05, 0.1) is 4.92 Å². The Bertz CT molecular complexity index is 692. The summed E-state index contributed by atoms with van der Waals surface area (Å²) >= 11 is 1.06. The Balaban J connectivity index is 2.31. The molecule has 0 saturated carbocycles. The first-order valence-electron chi connectivity index (χ1n) is 5.64. The van der Waals surface area contributed by atoms with E-state index in [1.165, 1.54) is 12.1 Å². The van der Waals surface area contributed by atoms with Crippen LogP contribution >= 0.6 is 11.3 Å². The molecule has 0 unspecified atom stereocenters. The number of hydrogen-bond donors (Lipinski definition) is 1. The fourth-order valence-electron chi connectivity index (χ4n) is 1.69. The number of aryl methyl sites for hydroxylation is 2. The van der Waals surface area contributed by atoms with Gasteiger partial charge in [0.25, 0.3) is 5.69 Å². The van der Waals surface area contributed by atoms with E-state index >= 15 is 0 Å². The van der Waals surface area contributed by atoms with Gasteiger partial charge >= 0.3 is 5.97 Å². The fourth-order valence-corrected chi connectivity index (χ4v) is 2.34. The number of hydrogen-bond acceptors (Lipinski definition) is 5. The molecule has 0 fully saturated rings. The molecule has 7 heteroatoms. The lowest BCUT2D eigenvalue weighted by atomic mass is 10.1. The Morgan fingerprint density at radius 3 is 2.55 bits per heavy atom. The molecule has 104 valence electrons. The zero-order chi connectivity index (χ0) is 14.9. The molecule has 2 aromatic rings. The number of aromatic carboxylic acids is 1. The highest BCUT2D eigenvalue weighted by atomic mass is 32.1. The van der Waals surface area contributed by atoms with E-state index in [0.717, 1.165) is 11.3 Å². The lowest BCUT2D eigenvalue weighted by Crippen LogP contribution is -1.95. The fraction of sp³-hybridized carbons (Fsp3) is 0.154. The van der Waals surface area contributed by atoms with Crippen LogP contribution in [0.3, 0.4) is 0 Å². The third kappa shape index (κ3) is 2.77. The van der Waals surface area contributed by atoms with Gasteiger partial charge in [0.15, 0.2) is 0 Å². The molecule has 1 N–H and O–H groups in total. The third-order valence-electron chi connectivity index (χ3n) is 2.70. The van der Waals surface area contributed by atoms with Crippen molar-refractivity contribution >= 4 is 23.0 Å². The maximum Gasteiger partial charge on any atom is 0.346 e. The van der Waals surface area contributed by atoms with E-state index in [9.17, 15) is 14.9 Å². The van der Waals surface area contributed by atoms with Crippen molar-refractivity contribution in [2.45, 2.75) is 13.8 Å². The van der Waals surface area contributed by atoms with Gasteiger partial charge in [-0.1, -0.05) is 0 Å². The number of carbonyl (C=O) groups is 1. The summed E-state index contributed by atoms with van der Waals surface area (Å²) in [5, 5.41) is 21.2. The van der Waals surface area contributed by atoms with Gasteiger partial charge in [-0.3, -0.25) is 10.1 Å². The number of thiophene rings is 1. The summed E-state index contributed by atoms with van der Waals surface area (Å²) in [5.41, 5.74) is 1.14. The maximum absolute atomic E-state index is 10.8. The Morgan fingerprint density at radius 2 is 2.00 bits per heavy atom. The smallest absolute Gasteiger partial charge is 0.346 e. The normalized spacial score (nSPS) is 10.3. The van der Waals surface area contributed by atoms with Crippen molar-refractivity contribution in [2.24, 2.45) is 0 Å². The van der Waals surface area contributed by atoms with Crippen LogP contribution in [0.4, 0.5) is 5.69 Å². The van der Waals surface area contributed by atoms with E-state index < -0.39 is 10.9 Å². The average molecular weight is 293 g/mol. The molecule has 0 aliphatic carbocycles. The van der Waals surface area contributed by atoms with Gasteiger partial charge in [0.2, 0.25) is 0 Å². The molecule has 0 aliphatic rings. The number of carboxylic acid groups (broad SMARTS) is 1. The Hall–Kier alpha value is -2.41. The van der Waals surface area contributed by atoms with E-state index in [0.29, 0.717) is 22.6 Å². The second-order valence-corrected chi connectivity index (χ2v) is 5.13. The molecular weight excluding hydrogens is 282 g/mol. The van der Waals surface area contributed by atoms with Crippen molar-refractivity contribution in [2.75, 3.05) is 0 Å². The summed E-state index contributed by atoms with van der Waals surface area (Å²) in [7, 11) is 0. The van der Waals surface area contributed by atoms with E-state index in [-0.39, 0.29) is 10.6 Å². The number of nitro benzene ring substituents is 1. The van der Waals surface area contributed by atoms with Crippen LogP contribution in [0.25, 0.3) is 0 Å². The second-order valence-electron chi connectivity index (χ2n) is 4.22. The zero-order valence-corrected chi connectivity index (χ0v) is 11.6. The number of rotatable bonds is 4. The van der Waals surface area contributed by atoms with Gasteiger partial charge in [0, 0.05) is 23.1 Å². The topological polar surface area (TPSA) is 89.7 Å². The summed E-state index contributed by atoms with van der Waals surface area (Å²) in [4.78, 5) is 21.3. The molecule has 1 aromatic carbocycles. The van der Waals surface area contributed by atoms with Gasteiger partial charge < -0.3 is 9.84 Å². The van der Waals surface area contributed by atoms with E-state index in [1.54, 1.807) is 25.3 Å². The quantitative estimate of drug-likeness (QED) is 0.684. The van der Waals surface area contributed by atoms with Crippen LogP contribution in [0.2, 0.25) is 0 Å². The molecule has 0 atom stereocenters. The molecule has 0 bridgehead atoms. The molecule has 1 aromatic heterocycles. The van der Waals surface area contributed by atoms with Gasteiger partial charge in [-0.25, -0.2) is 4.79 Å². The third-order valence-corrected chi connectivity index (χ3v) is 3.60. The van der Waals surface area contributed by atoms with Crippen molar-refractivity contribution in [3.8, 4) is 11.5 Å². The first-order valence-corrected chi connectivity index (χ1v) is 6.51. The summed E-state index contributed by atoms with van der Waals surface area (Å²) < 4.78 is 5.58. The molecule has 6 nitrogen and oxygen atoms in total. The number of ether oxygens (including phenoxy) is 1. The molecule has 2 rings (SSSR count). The lowest BCUT2D eigenvalue weighted by Gasteiger charge is -2.08. The van der Waals surface area contributed by atoms with Crippen molar-refractivity contribution < 1.29 is 19.6 Å². The minimum absolute atomic E-state index is 0.0337. The van der Waals surface area contributed by atoms with E-state index in [1.807, 2.05) is 0 Å². The van der Waals surface area contributed by atoms with Crippen LogP contribution in [0.5, 0.6) is 11.5 Å². The Labute approximate surface area is 118 Å². The van der Waals surface area contributed by atoms with Gasteiger partial charge in [-0.05, 0) is 25.5 Å². The zero-order valence-electron chi connectivity index (χ0n) is 10.7. The molecular formula is C13H11NO5S. The van der Waals surface area contributed by atoms with Crippen LogP contribution in [0.1, 0.15) is 20.8 Å². The minimum Gasteiger partial charge on any atom is -0.477 e. The van der Waals surface area contributed by atoms with Crippen molar-refractivity contribution in [1.29, 1.82) is 0 Å². The Kier molecular flexibility index (Phi) is 3.71. The Morgan fingerprint density at radius 1 is 1.30 bits per heavy atom. The molecule has 0 amide bonds. The van der Waals surface area contributed by atoms with Gasteiger partial charge in [-0.15, -0.1) is 11.3 Å². The first kappa shape index (κ1) is 14.0. The number of carboxylic acids is 1. The lowest BCUT2D eigenvalue weighted by molar-refractivity contribution is -0.385. The van der Waals surface area contributed by atoms with E-state index in [2.05, 4.69) is 0 Å². The predicted molar refractivity (Wildman–Crippen MR) is 73.9 cm³/mol. The van der Waals surface area contributed by atoms with Crippen molar-refractivity contribution in [1.82, 2.24) is 0 Å². The summed E-state index contributed by atoms with van der Waals surface area (Å²) in [5.74, 6) is -0.131. The largest absolute Gasteiger partial charge is 0.477 e. The predicted octanol–water partition coefficient (Wildman–Crippen LogP) is 3.76. The molecule has 0 radical (unpaired) electrons. The van der Waals surface area contributed by atoms with Crippen molar-refractivity contribution in [3.63, 3.8) is 0 Å². The van der Waals surface area contributed by atoms with Gasteiger partial charge in [0.1, 0.15) is 16.4 Å². The summed E-state index contributed by atoms with van der Waals surface area (Å²) in [6, 6.07) is 4.43. The van der Waals surface area contributed by atoms with Crippen LogP contribution in [-0.4, -0.2) is 16.0 Å². The second kappa shape index (κ2) is 5.30. The molecule has 0 saturated heterocycles. The molecule has 1 heterocycles. The SMILES string of the molecule is Cc1cc([N+](=O)[O-])c(C)cc1Oc1csc(C(=O)O)c1. The molecule has 0 spiro atoms. The highest BCUT2D eigenvalue weighted by Gasteiger charge is 2.15. The molecule has 20 heavy (non-hydrogen) atoms. The number of nitrogens with zero attached hydrogens (tertiary/aromatic N) is 1. The summed E-state index contributed by atoms with van der Waals surface area (Å²) in [6.07, 6.45) is 0. The van der Waals surface area contributed by atoms with Crippen LogP contribution in [0, 0.1) is 24.0 Å². The standard InChI is InChI=1S/C13H11NO5S/c1-7-4-11(8(2)3-10(7)14(17)18)19-9-5-12(13(15)16)20-6-9/h3-6H,1-2H3,(H,15,16). The van der Waals surface area contributed by atoms with Crippen LogP contribution in [-0.2, 0) is 0 Å².